The Balaban J connectivity index is 1.90. The standard InChI is InChI=1S/C17H12BrFO3/c18-15-7-2-1-6-14(15)16(20)11-22-17(21)9-8-12-4-3-5-13(19)10-12/h1-10H,11H2. The maximum absolute atomic E-state index is 13.0. The number of Topliss-reactive ketones (excluding diaryl/α,β-unsaturated/α-hetero) is 1. The van der Waals surface area contributed by atoms with Crippen molar-refractivity contribution in [2.45, 2.75) is 0 Å². The van der Waals surface area contributed by atoms with Gasteiger partial charge in [0.1, 0.15) is 5.82 Å². The zero-order chi connectivity index (χ0) is 15.9. The summed E-state index contributed by atoms with van der Waals surface area (Å²) in [5.74, 6) is -1.36. The van der Waals surface area contributed by atoms with Crippen molar-refractivity contribution in [1.82, 2.24) is 0 Å². The molecule has 112 valence electrons. The van der Waals surface area contributed by atoms with Gasteiger partial charge in [-0.15, -0.1) is 0 Å². The van der Waals surface area contributed by atoms with Crippen LogP contribution in [0.5, 0.6) is 0 Å². The number of esters is 1. The van der Waals surface area contributed by atoms with Gasteiger partial charge in [-0.1, -0.05) is 46.3 Å². The zero-order valence-electron chi connectivity index (χ0n) is 11.5. The minimum atomic E-state index is -0.662. The average molecular weight is 363 g/mol. The Morgan fingerprint density at radius 2 is 1.91 bits per heavy atom. The molecule has 0 atom stereocenters. The van der Waals surface area contributed by atoms with E-state index in [1.165, 1.54) is 24.3 Å². The molecule has 0 aromatic heterocycles. The molecule has 0 aliphatic heterocycles. The lowest BCUT2D eigenvalue weighted by Crippen LogP contribution is -2.13. The van der Waals surface area contributed by atoms with Crippen LogP contribution >= 0.6 is 15.9 Å². The van der Waals surface area contributed by atoms with Crippen LogP contribution in [0, 0.1) is 5.82 Å². The van der Waals surface area contributed by atoms with Gasteiger partial charge in [-0.3, -0.25) is 4.79 Å². The van der Waals surface area contributed by atoms with Crippen molar-refractivity contribution < 1.29 is 18.7 Å². The Morgan fingerprint density at radius 1 is 1.14 bits per heavy atom. The third-order valence-electron chi connectivity index (χ3n) is 2.78. The van der Waals surface area contributed by atoms with Crippen molar-refractivity contribution in [1.29, 1.82) is 0 Å². The fourth-order valence-corrected chi connectivity index (χ4v) is 2.23. The van der Waals surface area contributed by atoms with Gasteiger partial charge in [-0.25, -0.2) is 9.18 Å². The number of hydrogen-bond donors (Lipinski definition) is 0. The van der Waals surface area contributed by atoms with Crippen LogP contribution in [0.3, 0.4) is 0 Å². The van der Waals surface area contributed by atoms with E-state index < -0.39 is 5.97 Å². The summed E-state index contributed by atoms with van der Waals surface area (Å²) in [6.45, 7) is -0.352. The minimum Gasteiger partial charge on any atom is -0.454 e. The molecule has 0 heterocycles. The molecule has 0 amide bonds. The molecule has 2 aromatic carbocycles. The highest BCUT2D eigenvalue weighted by Crippen LogP contribution is 2.16. The summed E-state index contributed by atoms with van der Waals surface area (Å²) in [7, 11) is 0. The maximum Gasteiger partial charge on any atom is 0.331 e. The van der Waals surface area contributed by atoms with E-state index in [1.54, 1.807) is 30.3 Å². The van der Waals surface area contributed by atoms with Gasteiger partial charge in [-0.05, 0) is 29.8 Å². The fourth-order valence-electron chi connectivity index (χ4n) is 1.72. The molecular formula is C17H12BrFO3. The molecule has 2 rings (SSSR count). The lowest BCUT2D eigenvalue weighted by molar-refractivity contribution is -0.136. The molecular weight excluding hydrogens is 351 g/mol. The van der Waals surface area contributed by atoms with Crippen molar-refractivity contribution in [3.63, 3.8) is 0 Å². The average Bonchev–Trinajstić information content (AvgIpc) is 2.51. The second-order valence-corrected chi connectivity index (χ2v) is 5.25. The number of ketones is 1. The number of carbonyl (C=O) groups is 2. The fraction of sp³-hybridized carbons (Fsp3) is 0.0588. The van der Waals surface area contributed by atoms with E-state index in [4.69, 9.17) is 4.74 Å². The summed E-state index contributed by atoms with van der Waals surface area (Å²) in [6, 6.07) is 12.7. The Labute approximate surface area is 135 Å². The monoisotopic (exact) mass is 362 g/mol. The Bertz CT molecular complexity index is 725. The number of benzene rings is 2. The second-order valence-electron chi connectivity index (χ2n) is 4.40. The molecule has 5 heteroatoms. The van der Waals surface area contributed by atoms with Crippen LogP contribution in [0.2, 0.25) is 0 Å². The van der Waals surface area contributed by atoms with Crippen LogP contribution in [0.15, 0.2) is 59.1 Å². The first-order chi connectivity index (χ1) is 10.6. The van der Waals surface area contributed by atoms with Gasteiger partial charge >= 0.3 is 5.97 Å². The zero-order valence-corrected chi connectivity index (χ0v) is 13.0. The van der Waals surface area contributed by atoms with Crippen LogP contribution in [0.25, 0.3) is 6.08 Å². The molecule has 3 nitrogen and oxygen atoms in total. The first-order valence-corrected chi connectivity index (χ1v) is 7.23. The lowest BCUT2D eigenvalue weighted by Gasteiger charge is -2.03. The van der Waals surface area contributed by atoms with Gasteiger partial charge in [0.2, 0.25) is 5.78 Å². The number of halogens is 2. The van der Waals surface area contributed by atoms with Crippen molar-refractivity contribution in [3.8, 4) is 0 Å². The van der Waals surface area contributed by atoms with Gasteiger partial charge in [0.25, 0.3) is 0 Å². The molecule has 2 aromatic rings. The number of ether oxygens (including phenoxy) is 1. The number of carbonyl (C=O) groups excluding carboxylic acids is 2. The molecule has 22 heavy (non-hydrogen) atoms. The number of hydrogen-bond acceptors (Lipinski definition) is 3. The molecule has 0 aliphatic rings. The van der Waals surface area contributed by atoms with E-state index in [1.807, 2.05) is 0 Å². The molecule has 0 aliphatic carbocycles. The summed E-state index contributed by atoms with van der Waals surface area (Å²) in [5.41, 5.74) is 0.985. The molecule has 0 saturated carbocycles. The predicted molar refractivity (Wildman–Crippen MR) is 84.9 cm³/mol. The molecule has 0 radical (unpaired) electrons. The van der Waals surface area contributed by atoms with Crippen molar-refractivity contribution >= 4 is 33.8 Å². The lowest BCUT2D eigenvalue weighted by atomic mass is 10.1. The highest BCUT2D eigenvalue weighted by Gasteiger charge is 2.11. The second kappa shape index (κ2) is 7.66. The van der Waals surface area contributed by atoms with E-state index in [2.05, 4.69) is 15.9 Å². The molecule has 0 N–H and O–H groups in total. The SMILES string of the molecule is O=C(C=Cc1cccc(F)c1)OCC(=O)c1ccccc1Br. The quantitative estimate of drug-likeness (QED) is 0.458. The van der Waals surface area contributed by atoms with E-state index in [0.717, 1.165) is 6.08 Å². The van der Waals surface area contributed by atoms with E-state index in [0.29, 0.717) is 15.6 Å². The number of rotatable bonds is 5. The van der Waals surface area contributed by atoms with Crippen molar-refractivity contribution in [2.75, 3.05) is 6.61 Å². The summed E-state index contributed by atoms with van der Waals surface area (Å²) >= 11 is 3.26. The molecule has 0 unspecified atom stereocenters. The van der Waals surface area contributed by atoms with Crippen LogP contribution in [0.1, 0.15) is 15.9 Å². The topological polar surface area (TPSA) is 43.4 Å². The van der Waals surface area contributed by atoms with Crippen molar-refractivity contribution in [3.05, 3.63) is 76.0 Å². The van der Waals surface area contributed by atoms with E-state index in [9.17, 15) is 14.0 Å². The summed E-state index contributed by atoms with van der Waals surface area (Å²) in [4.78, 5) is 23.5. The van der Waals surface area contributed by atoms with Gasteiger partial charge < -0.3 is 4.74 Å². The van der Waals surface area contributed by atoms with E-state index >= 15 is 0 Å². The minimum absolute atomic E-state index is 0.306. The van der Waals surface area contributed by atoms with E-state index in [-0.39, 0.29) is 18.2 Å². The summed E-state index contributed by atoms with van der Waals surface area (Å²) < 4.78 is 18.5. The summed E-state index contributed by atoms with van der Waals surface area (Å²) in [5, 5.41) is 0. The largest absolute Gasteiger partial charge is 0.454 e. The maximum atomic E-state index is 13.0. The van der Waals surface area contributed by atoms with Crippen molar-refractivity contribution in [2.24, 2.45) is 0 Å². The molecule has 0 bridgehead atoms. The Morgan fingerprint density at radius 3 is 2.64 bits per heavy atom. The smallest absolute Gasteiger partial charge is 0.331 e. The highest BCUT2D eigenvalue weighted by atomic mass is 79.9. The molecule has 0 saturated heterocycles. The van der Waals surface area contributed by atoms with Crippen LogP contribution in [-0.2, 0) is 9.53 Å². The van der Waals surface area contributed by atoms with Crippen LogP contribution < -0.4 is 0 Å². The van der Waals surface area contributed by atoms with Gasteiger partial charge in [0.05, 0.1) is 0 Å². The molecule has 0 spiro atoms. The Kier molecular flexibility index (Phi) is 5.61. The van der Waals surface area contributed by atoms with Crippen LogP contribution in [0.4, 0.5) is 4.39 Å². The predicted octanol–water partition coefficient (Wildman–Crippen LogP) is 4.03. The third-order valence-corrected chi connectivity index (χ3v) is 3.47. The normalized spacial score (nSPS) is 10.6. The highest BCUT2D eigenvalue weighted by molar-refractivity contribution is 9.10. The Hall–Kier alpha value is -2.27. The first-order valence-electron chi connectivity index (χ1n) is 6.44. The first kappa shape index (κ1) is 16.1. The summed E-state index contributed by atoms with van der Waals surface area (Å²) in [6.07, 6.45) is 2.58. The van der Waals surface area contributed by atoms with Gasteiger partial charge in [-0.2, -0.15) is 0 Å². The van der Waals surface area contributed by atoms with Crippen LogP contribution in [-0.4, -0.2) is 18.4 Å². The van der Waals surface area contributed by atoms with Gasteiger partial charge in [0, 0.05) is 16.1 Å². The third kappa shape index (κ3) is 4.63. The molecule has 0 fully saturated rings. The van der Waals surface area contributed by atoms with Gasteiger partial charge in [0.15, 0.2) is 6.61 Å².